The molecule has 1 aromatic carbocycles. The lowest BCUT2D eigenvalue weighted by molar-refractivity contribution is 0.603. The van der Waals surface area contributed by atoms with Crippen LogP contribution >= 0.6 is 11.3 Å². The number of benzene rings is 1. The second-order valence-corrected chi connectivity index (χ2v) is 7.03. The van der Waals surface area contributed by atoms with Crippen LogP contribution in [0, 0.1) is 0 Å². The van der Waals surface area contributed by atoms with Crippen molar-refractivity contribution in [1.82, 2.24) is 4.57 Å². The number of nitrogens with one attached hydrogen (secondary N) is 1. The Morgan fingerprint density at radius 3 is 2.25 bits per heavy atom. The van der Waals surface area contributed by atoms with Crippen LogP contribution in [0.4, 0.5) is 5.69 Å². The summed E-state index contributed by atoms with van der Waals surface area (Å²) in [6, 6.07) is 14.4. The van der Waals surface area contributed by atoms with E-state index in [-0.39, 0.29) is 0 Å². The number of sulfonamides is 1. The predicted molar refractivity (Wildman–Crippen MR) is 80.9 cm³/mol. The number of hydrogen-bond donors (Lipinski definition) is 1. The van der Waals surface area contributed by atoms with Crippen LogP contribution in [0.1, 0.15) is 0 Å². The van der Waals surface area contributed by atoms with Gasteiger partial charge in [-0.2, -0.15) is 0 Å². The summed E-state index contributed by atoms with van der Waals surface area (Å²) in [6.45, 7) is 0. The van der Waals surface area contributed by atoms with Crippen LogP contribution in [-0.2, 0) is 10.0 Å². The molecule has 0 aliphatic rings. The molecule has 0 fully saturated rings. The molecule has 102 valence electrons. The molecule has 0 bridgehead atoms. The first kappa shape index (κ1) is 13.0. The van der Waals surface area contributed by atoms with Gasteiger partial charge in [0.05, 0.1) is 0 Å². The average molecular weight is 304 g/mol. The Morgan fingerprint density at radius 1 is 0.950 bits per heavy atom. The molecule has 0 aliphatic heterocycles. The maximum absolute atomic E-state index is 12.1. The Kier molecular flexibility index (Phi) is 3.33. The maximum Gasteiger partial charge on any atom is 0.271 e. The van der Waals surface area contributed by atoms with Crippen LogP contribution in [0.3, 0.4) is 0 Å². The van der Waals surface area contributed by atoms with Gasteiger partial charge in [0.2, 0.25) is 0 Å². The fraction of sp³-hybridized carbons (Fsp3) is 0. The van der Waals surface area contributed by atoms with Gasteiger partial charge < -0.3 is 4.57 Å². The summed E-state index contributed by atoms with van der Waals surface area (Å²) in [5.41, 5.74) is 1.53. The molecule has 6 heteroatoms. The second kappa shape index (κ2) is 5.15. The van der Waals surface area contributed by atoms with E-state index in [0.29, 0.717) is 9.90 Å². The van der Waals surface area contributed by atoms with Gasteiger partial charge in [-0.3, -0.25) is 4.72 Å². The van der Waals surface area contributed by atoms with Crippen molar-refractivity contribution in [2.24, 2.45) is 0 Å². The lowest BCUT2D eigenvalue weighted by Crippen LogP contribution is -2.11. The molecule has 0 aliphatic carbocycles. The lowest BCUT2D eigenvalue weighted by atomic mass is 10.3. The minimum absolute atomic E-state index is 0.312. The summed E-state index contributed by atoms with van der Waals surface area (Å²) in [4.78, 5) is 0. The summed E-state index contributed by atoms with van der Waals surface area (Å²) in [7, 11) is -3.47. The van der Waals surface area contributed by atoms with E-state index in [0.717, 1.165) is 5.69 Å². The van der Waals surface area contributed by atoms with Gasteiger partial charge in [-0.1, -0.05) is 6.07 Å². The third-order valence-corrected chi connectivity index (χ3v) is 5.56. The number of anilines is 1. The monoisotopic (exact) mass is 304 g/mol. The van der Waals surface area contributed by atoms with Crippen LogP contribution in [0.5, 0.6) is 0 Å². The summed E-state index contributed by atoms with van der Waals surface area (Å²) in [5, 5.41) is 1.74. The van der Waals surface area contributed by atoms with Crippen molar-refractivity contribution in [3.05, 3.63) is 66.3 Å². The molecule has 20 heavy (non-hydrogen) atoms. The van der Waals surface area contributed by atoms with Crippen LogP contribution in [-0.4, -0.2) is 13.0 Å². The third kappa shape index (κ3) is 2.61. The van der Waals surface area contributed by atoms with E-state index < -0.39 is 10.0 Å². The highest BCUT2D eigenvalue weighted by Gasteiger charge is 2.14. The van der Waals surface area contributed by atoms with Crippen molar-refractivity contribution in [2.45, 2.75) is 4.21 Å². The smallest absolute Gasteiger partial charge is 0.271 e. The van der Waals surface area contributed by atoms with Gasteiger partial charge in [0.15, 0.2) is 0 Å². The molecule has 1 N–H and O–H groups in total. The van der Waals surface area contributed by atoms with E-state index >= 15 is 0 Å². The summed E-state index contributed by atoms with van der Waals surface area (Å²) in [6.07, 6.45) is 3.87. The normalized spacial score (nSPS) is 11.4. The molecule has 0 amide bonds. The highest BCUT2D eigenvalue weighted by molar-refractivity contribution is 7.94. The van der Waals surface area contributed by atoms with Crippen LogP contribution < -0.4 is 4.72 Å². The number of nitrogens with zero attached hydrogens (tertiary/aromatic N) is 1. The highest BCUT2D eigenvalue weighted by Crippen LogP contribution is 2.21. The van der Waals surface area contributed by atoms with Crippen molar-refractivity contribution in [1.29, 1.82) is 0 Å². The summed E-state index contributed by atoms with van der Waals surface area (Å²) < 4.78 is 29.0. The average Bonchev–Trinajstić information content (AvgIpc) is 3.13. The first-order valence-electron chi connectivity index (χ1n) is 5.95. The Hall–Kier alpha value is -2.05. The van der Waals surface area contributed by atoms with E-state index in [9.17, 15) is 8.42 Å². The molecule has 4 nitrogen and oxygen atoms in total. The first-order chi connectivity index (χ1) is 9.65. The number of rotatable bonds is 4. The van der Waals surface area contributed by atoms with E-state index in [1.54, 1.807) is 29.6 Å². The van der Waals surface area contributed by atoms with Crippen molar-refractivity contribution >= 4 is 27.0 Å². The number of thiophene rings is 1. The highest BCUT2D eigenvalue weighted by atomic mass is 32.2. The molecule has 0 spiro atoms. The second-order valence-electron chi connectivity index (χ2n) is 4.17. The topological polar surface area (TPSA) is 51.1 Å². The van der Waals surface area contributed by atoms with Gasteiger partial charge >= 0.3 is 0 Å². The summed E-state index contributed by atoms with van der Waals surface area (Å²) in [5.74, 6) is 0. The SMILES string of the molecule is O=S(=O)(Nc1ccc(-n2cccc2)cc1)c1cccs1. The maximum atomic E-state index is 12.1. The molecule has 2 aromatic heterocycles. The molecule has 2 heterocycles. The van der Waals surface area contributed by atoms with Crippen LogP contribution in [0.25, 0.3) is 5.69 Å². The first-order valence-corrected chi connectivity index (χ1v) is 8.31. The van der Waals surface area contributed by atoms with Crippen molar-refractivity contribution < 1.29 is 8.42 Å². The zero-order valence-electron chi connectivity index (χ0n) is 10.4. The quantitative estimate of drug-likeness (QED) is 0.803. The number of hydrogen-bond acceptors (Lipinski definition) is 3. The fourth-order valence-corrected chi connectivity index (χ4v) is 3.88. The van der Waals surface area contributed by atoms with E-state index in [4.69, 9.17) is 0 Å². The van der Waals surface area contributed by atoms with Gasteiger partial charge in [-0.25, -0.2) is 8.42 Å². The van der Waals surface area contributed by atoms with E-state index in [1.165, 1.54) is 11.3 Å². The van der Waals surface area contributed by atoms with E-state index in [1.807, 2.05) is 41.2 Å². The van der Waals surface area contributed by atoms with Gasteiger partial charge in [0, 0.05) is 23.8 Å². The van der Waals surface area contributed by atoms with Crippen LogP contribution in [0.2, 0.25) is 0 Å². The molecule has 0 atom stereocenters. The molecule has 0 radical (unpaired) electrons. The number of aromatic nitrogens is 1. The molecule has 0 saturated carbocycles. The van der Waals surface area contributed by atoms with Crippen molar-refractivity contribution in [3.8, 4) is 5.69 Å². The van der Waals surface area contributed by atoms with E-state index in [2.05, 4.69) is 4.72 Å². The lowest BCUT2D eigenvalue weighted by Gasteiger charge is -2.08. The van der Waals surface area contributed by atoms with Gasteiger partial charge in [-0.05, 0) is 47.8 Å². The molecule has 0 unspecified atom stereocenters. The minimum Gasteiger partial charge on any atom is -0.324 e. The Bertz CT molecular complexity index is 774. The van der Waals surface area contributed by atoms with Crippen LogP contribution in [0.15, 0.2) is 70.5 Å². The van der Waals surface area contributed by atoms with Crippen molar-refractivity contribution in [3.63, 3.8) is 0 Å². The largest absolute Gasteiger partial charge is 0.324 e. The molecular weight excluding hydrogens is 292 g/mol. The van der Waals surface area contributed by atoms with Gasteiger partial charge in [0.25, 0.3) is 10.0 Å². The Morgan fingerprint density at radius 2 is 1.65 bits per heavy atom. The zero-order valence-corrected chi connectivity index (χ0v) is 12.1. The fourth-order valence-electron chi connectivity index (χ4n) is 1.83. The molecule has 3 aromatic rings. The van der Waals surface area contributed by atoms with Gasteiger partial charge in [-0.15, -0.1) is 11.3 Å². The molecule has 0 saturated heterocycles. The molecule has 3 rings (SSSR count). The predicted octanol–water partition coefficient (Wildman–Crippen LogP) is 3.34. The Balaban J connectivity index is 1.83. The standard InChI is InChI=1S/C14H12N2O2S2/c17-20(18,14-4-3-11-19-14)15-12-5-7-13(8-6-12)16-9-1-2-10-16/h1-11,15H. The summed E-state index contributed by atoms with van der Waals surface area (Å²) >= 11 is 1.20. The molecular formula is C14H12N2O2S2. The minimum atomic E-state index is -3.47. The Labute approximate surface area is 121 Å². The van der Waals surface area contributed by atoms with Gasteiger partial charge in [0.1, 0.15) is 4.21 Å². The zero-order chi connectivity index (χ0) is 14.0. The van der Waals surface area contributed by atoms with Crippen molar-refractivity contribution in [2.75, 3.05) is 4.72 Å². The third-order valence-electron chi connectivity index (χ3n) is 2.78.